The molecule has 0 aromatic rings. The number of nitrogens with zero attached hydrogens (tertiary/aromatic N) is 4. The largest absolute Gasteiger partial charge is 0.480 e. The van der Waals surface area contributed by atoms with Crippen molar-refractivity contribution in [2.24, 2.45) is 20.5 Å². The number of carbonyl (C=O) groups is 2. The average Bonchev–Trinajstić information content (AvgIpc) is 3.05. The Hall–Kier alpha value is -2.16. The van der Waals surface area contributed by atoms with E-state index in [-0.39, 0.29) is 31.2 Å². The number of hydrogen-bond acceptors (Lipinski definition) is 8. The van der Waals surface area contributed by atoms with E-state index in [4.69, 9.17) is 19.7 Å². The molecule has 2 atom stereocenters. The van der Waals surface area contributed by atoms with Gasteiger partial charge in [0.05, 0.1) is 14.2 Å². The van der Waals surface area contributed by atoms with Gasteiger partial charge in [-0.15, -0.1) is 10.2 Å². The van der Waals surface area contributed by atoms with Gasteiger partial charge in [-0.2, -0.15) is 10.2 Å². The van der Waals surface area contributed by atoms with Crippen molar-refractivity contribution in [3.05, 3.63) is 23.9 Å². The molecular weight excluding hydrogens is 362 g/mol. The Morgan fingerprint density at radius 3 is 1.35 bits per heavy atom. The third-order valence-corrected chi connectivity index (χ3v) is 2.81. The van der Waals surface area contributed by atoms with E-state index < -0.39 is 23.0 Å². The molecule has 23 heavy (non-hydrogen) atoms. The van der Waals surface area contributed by atoms with Crippen molar-refractivity contribution < 1.29 is 48.8 Å². The number of azo groups is 2. The molecular formula is C12H16N4O6Zn. The number of rotatable bonds is 4. The van der Waals surface area contributed by atoms with Crippen LogP contribution in [-0.2, 0) is 38.5 Å². The van der Waals surface area contributed by atoms with Crippen molar-refractivity contribution in [2.75, 3.05) is 14.2 Å². The van der Waals surface area contributed by atoms with Crippen LogP contribution in [0.5, 0.6) is 0 Å². The van der Waals surface area contributed by atoms with Crippen LogP contribution in [0.1, 0.15) is 13.8 Å². The molecule has 0 spiro atoms. The van der Waals surface area contributed by atoms with Gasteiger partial charge in [0.2, 0.25) is 11.8 Å². The Bertz CT molecular complexity index is 550. The molecule has 2 aliphatic rings. The van der Waals surface area contributed by atoms with E-state index in [0.29, 0.717) is 0 Å². The summed E-state index contributed by atoms with van der Waals surface area (Å²) in [5, 5.41) is 31.3. The fraction of sp³-hybridized carbons (Fsp3) is 0.500. The third-order valence-electron chi connectivity index (χ3n) is 2.81. The summed E-state index contributed by atoms with van der Waals surface area (Å²) < 4.78 is 9.39. The number of aliphatic carboxylic acids is 2. The van der Waals surface area contributed by atoms with Gasteiger partial charge in [-0.1, -0.05) is 0 Å². The molecule has 0 amide bonds. The molecule has 11 heteroatoms. The molecule has 0 aliphatic carbocycles. The molecule has 0 aromatic heterocycles. The number of carboxylic acid groups (broad SMARTS) is 2. The first-order valence-electron chi connectivity index (χ1n) is 6.03. The van der Waals surface area contributed by atoms with Crippen LogP contribution in [0, 0.1) is 0 Å². The van der Waals surface area contributed by atoms with Gasteiger partial charge in [0, 0.05) is 31.6 Å². The van der Waals surface area contributed by atoms with Crippen LogP contribution >= 0.6 is 0 Å². The maximum absolute atomic E-state index is 10.5. The number of carboxylic acids is 2. The Labute approximate surface area is 144 Å². The zero-order chi connectivity index (χ0) is 17.0. The quantitative estimate of drug-likeness (QED) is 0.712. The van der Waals surface area contributed by atoms with Gasteiger partial charge in [-0.25, -0.2) is 9.59 Å². The Balaban J connectivity index is 0.000000403. The second-order valence-electron chi connectivity index (χ2n) is 4.68. The topological polar surface area (TPSA) is 142 Å². The first-order chi connectivity index (χ1) is 10.2. The summed E-state index contributed by atoms with van der Waals surface area (Å²) in [6, 6.07) is 0. The minimum absolute atomic E-state index is 0. The van der Waals surface area contributed by atoms with Crippen molar-refractivity contribution in [1.82, 2.24) is 0 Å². The van der Waals surface area contributed by atoms with Crippen LogP contribution in [0.25, 0.3) is 0 Å². The molecule has 0 fully saturated rings. The molecule has 10 nitrogen and oxygen atoms in total. The van der Waals surface area contributed by atoms with Crippen LogP contribution in [0.15, 0.2) is 44.4 Å². The van der Waals surface area contributed by atoms with Crippen LogP contribution < -0.4 is 0 Å². The van der Waals surface area contributed by atoms with Gasteiger partial charge in [-0.3, -0.25) is 0 Å². The smallest absolute Gasteiger partial charge is 0.337 e. The van der Waals surface area contributed by atoms with Crippen LogP contribution in [-0.4, -0.2) is 47.4 Å². The summed E-state index contributed by atoms with van der Waals surface area (Å²) in [5.41, 5.74) is -2.49. The third kappa shape index (κ3) is 4.92. The summed E-state index contributed by atoms with van der Waals surface area (Å²) in [6.07, 6.45) is 2.71. The summed E-state index contributed by atoms with van der Waals surface area (Å²) >= 11 is 0. The Morgan fingerprint density at radius 2 is 1.22 bits per heavy atom. The van der Waals surface area contributed by atoms with Gasteiger partial charge < -0.3 is 19.7 Å². The molecule has 122 valence electrons. The Kier molecular flexibility index (Phi) is 7.17. The minimum atomic E-state index is -1.24. The van der Waals surface area contributed by atoms with E-state index in [1.165, 1.54) is 40.2 Å². The zero-order valence-corrected chi connectivity index (χ0v) is 16.1. The molecule has 2 rings (SSSR count). The first-order valence-corrected chi connectivity index (χ1v) is 6.03. The second kappa shape index (κ2) is 7.91. The number of ether oxygens (including phenoxy) is 2. The molecule has 2 unspecified atom stereocenters. The molecule has 2 N–H and O–H groups in total. The van der Waals surface area contributed by atoms with Crippen LogP contribution in [0.3, 0.4) is 0 Å². The monoisotopic (exact) mass is 376 g/mol. The van der Waals surface area contributed by atoms with E-state index in [2.05, 4.69) is 20.5 Å². The van der Waals surface area contributed by atoms with Crippen molar-refractivity contribution in [1.29, 1.82) is 0 Å². The van der Waals surface area contributed by atoms with Gasteiger partial charge in [0.1, 0.15) is 0 Å². The molecule has 0 saturated heterocycles. The van der Waals surface area contributed by atoms with E-state index in [0.717, 1.165) is 0 Å². The molecule has 0 aromatic carbocycles. The van der Waals surface area contributed by atoms with Crippen LogP contribution in [0.2, 0.25) is 0 Å². The minimum Gasteiger partial charge on any atom is -0.480 e. The van der Waals surface area contributed by atoms with Gasteiger partial charge >= 0.3 is 11.9 Å². The number of hydrogen-bond donors (Lipinski definition) is 2. The average molecular weight is 378 g/mol. The maximum Gasteiger partial charge on any atom is 0.337 e. The first kappa shape index (κ1) is 20.8. The van der Waals surface area contributed by atoms with Gasteiger partial charge in [0.15, 0.2) is 11.1 Å². The molecule has 2 heterocycles. The summed E-state index contributed by atoms with van der Waals surface area (Å²) in [7, 11) is 2.83. The van der Waals surface area contributed by atoms with E-state index >= 15 is 0 Å². The predicted octanol–water partition coefficient (Wildman–Crippen LogP) is 1.56. The van der Waals surface area contributed by atoms with E-state index in [1.807, 2.05) is 0 Å². The SMILES string of the molecule is COC1=CC(C)(C(=O)O)N=N1.COC1=CC(C)(C(=O)O)N=N1.[Zn]. The number of methoxy groups -OCH3 is 2. The van der Waals surface area contributed by atoms with E-state index in [9.17, 15) is 9.59 Å². The Morgan fingerprint density at radius 1 is 0.913 bits per heavy atom. The van der Waals surface area contributed by atoms with Crippen molar-refractivity contribution in [2.45, 2.75) is 24.9 Å². The second-order valence-corrected chi connectivity index (χ2v) is 4.68. The maximum atomic E-state index is 10.5. The summed E-state index contributed by atoms with van der Waals surface area (Å²) in [6.45, 7) is 2.90. The van der Waals surface area contributed by atoms with Crippen molar-refractivity contribution in [3.8, 4) is 0 Å². The molecule has 0 radical (unpaired) electrons. The fourth-order valence-corrected chi connectivity index (χ4v) is 1.31. The molecule has 0 bridgehead atoms. The van der Waals surface area contributed by atoms with Crippen LogP contribution in [0.4, 0.5) is 0 Å². The van der Waals surface area contributed by atoms with Gasteiger partial charge in [0.25, 0.3) is 0 Å². The van der Waals surface area contributed by atoms with E-state index in [1.54, 1.807) is 0 Å². The standard InChI is InChI=1S/2C6H8N2O3.Zn/c2*1-6(5(9)10)3-4(11-2)7-8-6;/h2*3H,1-2H3,(H,9,10);. The predicted molar refractivity (Wildman–Crippen MR) is 72.0 cm³/mol. The van der Waals surface area contributed by atoms with Gasteiger partial charge in [-0.05, 0) is 13.8 Å². The molecule has 2 aliphatic heterocycles. The van der Waals surface area contributed by atoms with Crippen molar-refractivity contribution in [3.63, 3.8) is 0 Å². The summed E-state index contributed by atoms with van der Waals surface area (Å²) in [4.78, 5) is 21.1. The normalized spacial score (nSPS) is 27.1. The summed E-state index contributed by atoms with van der Waals surface area (Å²) in [5.74, 6) is -1.58. The molecule has 0 saturated carbocycles. The van der Waals surface area contributed by atoms with Crippen molar-refractivity contribution >= 4 is 11.9 Å². The fourth-order valence-electron chi connectivity index (χ4n) is 1.31. The zero-order valence-electron chi connectivity index (χ0n) is 13.2.